The molecule has 0 bridgehead atoms. The van der Waals surface area contributed by atoms with Gasteiger partial charge in [-0.25, -0.2) is 5.43 Å². The van der Waals surface area contributed by atoms with Crippen molar-refractivity contribution in [2.24, 2.45) is 0 Å². The molecule has 88 valence electrons. The van der Waals surface area contributed by atoms with Crippen LogP contribution in [0.2, 0.25) is 0 Å². The van der Waals surface area contributed by atoms with E-state index in [1.54, 1.807) is 0 Å². The predicted octanol–water partition coefficient (Wildman–Crippen LogP) is 1.04. The molecule has 3 rings (SSSR count). The molecular formula is C12H12N2O3. The molecule has 1 aromatic rings. The molecule has 0 fully saturated rings. The molecule has 0 saturated heterocycles. The number of amides is 1. The minimum Gasteiger partial charge on any atom is -0.453 e. The van der Waals surface area contributed by atoms with Gasteiger partial charge in [-0.15, -0.1) is 0 Å². The van der Waals surface area contributed by atoms with Crippen LogP contribution in [-0.4, -0.2) is 24.0 Å². The van der Waals surface area contributed by atoms with Crippen LogP contribution < -0.4 is 14.9 Å². The van der Waals surface area contributed by atoms with Gasteiger partial charge in [0.2, 0.25) is 5.91 Å². The zero-order chi connectivity index (χ0) is 11.8. The topological polar surface area (TPSA) is 50.8 Å². The lowest BCUT2D eigenvalue weighted by molar-refractivity contribution is -0.132. The summed E-state index contributed by atoms with van der Waals surface area (Å²) in [5.74, 6) is 2.79. The highest BCUT2D eigenvalue weighted by atomic mass is 16.6. The number of benzene rings is 1. The summed E-state index contributed by atoms with van der Waals surface area (Å²) in [5.41, 5.74) is 2.97. The lowest BCUT2D eigenvalue weighted by Crippen LogP contribution is -2.49. The SMILES string of the molecule is CC(=O)N1CC2=C(CN1)Oc1ccccc1O2. The molecule has 0 spiro atoms. The van der Waals surface area contributed by atoms with Crippen LogP contribution in [0.25, 0.3) is 0 Å². The molecule has 1 N–H and O–H groups in total. The van der Waals surface area contributed by atoms with Gasteiger partial charge in [-0.1, -0.05) is 12.1 Å². The first-order chi connectivity index (χ1) is 8.24. The number of hydrogen-bond donors (Lipinski definition) is 1. The third-order valence-corrected chi connectivity index (χ3v) is 2.74. The Labute approximate surface area is 98.6 Å². The van der Waals surface area contributed by atoms with E-state index in [1.165, 1.54) is 11.9 Å². The van der Waals surface area contributed by atoms with Crippen molar-refractivity contribution in [2.45, 2.75) is 6.92 Å². The Morgan fingerprint density at radius 2 is 1.88 bits per heavy atom. The highest BCUT2D eigenvalue weighted by molar-refractivity contribution is 5.73. The highest BCUT2D eigenvalue weighted by Crippen LogP contribution is 2.35. The Morgan fingerprint density at radius 1 is 1.24 bits per heavy atom. The molecule has 1 amide bonds. The number of hydrazine groups is 1. The van der Waals surface area contributed by atoms with E-state index >= 15 is 0 Å². The van der Waals surface area contributed by atoms with Crippen LogP contribution >= 0.6 is 0 Å². The maximum Gasteiger partial charge on any atom is 0.233 e. The summed E-state index contributed by atoms with van der Waals surface area (Å²) in [6.45, 7) is 2.36. The second-order valence-electron chi connectivity index (χ2n) is 3.94. The van der Waals surface area contributed by atoms with Crippen molar-refractivity contribution in [1.29, 1.82) is 0 Å². The maximum atomic E-state index is 11.3. The first-order valence-electron chi connectivity index (χ1n) is 5.42. The number of carbonyl (C=O) groups is 1. The number of nitrogens with zero attached hydrogens (tertiary/aromatic N) is 1. The summed E-state index contributed by atoms with van der Waals surface area (Å²) >= 11 is 0. The van der Waals surface area contributed by atoms with Crippen LogP contribution in [-0.2, 0) is 4.79 Å². The first-order valence-corrected chi connectivity index (χ1v) is 5.42. The van der Waals surface area contributed by atoms with Crippen LogP contribution in [0.5, 0.6) is 11.5 Å². The smallest absolute Gasteiger partial charge is 0.233 e. The molecule has 2 heterocycles. The lowest BCUT2D eigenvalue weighted by atomic mass is 10.2. The van der Waals surface area contributed by atoms with Crippen molar-refractivity contribution in [3.63, 3.8) is 0 Å². The third-order valence-electron chi connectivity index (χ3n) is 2.74. The number of fused-ring (bicyclic) bond motifs is 1. The van der Waals surface area contributed by atoms with Crippen LogP contribution in [0.3, 0.4) is 0 Å². The minimum absolute atomic E-state index is 0.0426. The fourth-order valence-electron chi connectivity index (χ4n) is 1.84. The lowest BCUT2D eigenvalue weighted by Gasteiger charge is -2.32. The fourth-order valence-corrected chi connectivity index (χ4v) is 1.84. The molecule has 5 heteroatoms. The Kier molecular flexibility index (Phi) is 2.26. The molecule has 2 aliphatic rings. The van der Waals surface area contributed by atoms with E-state index in [2.05, 4.69) is 5.43 Å². The van der Waals surface area contributed by atoms with E-state index in [0.717, 1.165) is 5.76 Å². The number of para-hydroxylation sites is 2. The number of ether oxygens (including phenoxy) is 2. The van der Waals surface area contributed by atoms with Gasteiger partial charge in [0.05, 0.1) is 13.1 Å². The number of rotatable bonds is 0. The Balaban J connectivity index is 1.88. The van der Waals surface area contributed by atoms with Crippen LogP contribution in [0.15, 0.2) is 35.8 Å². The Morgan fingerprint density at radius 3 is 2.53 bits per heavy atom. The standard InChI is InChI=1S/C12H12N2O3/c1-8(15)14-7-12-11(6-13-14)16-9-4-2-3-5-10(9)17-12/h2-5,13H,6-7H2,1H3. The van der Waals surface area contributed by atoms with Gasteiger partial charge in [0.15, 0.2) is 23.0 Å². The summed E-state index contributed by atoms with van der Waals surface area (Å²) in [5, 5.41) is 1.51. The van der Waals surface area contributed by atoms with Crippen molar-refractivity contribution < 1.29 is 14.3 Å². The highest BCUT2D eigenvalue weighted by Gasteiger charge is 2.28. The van der Waals surface area contributed by atoms with Crippen molar-refractivity contribution in [2.75, 3.05) is 13.1 Å². The van der Waals surface area contributed by atoms with E-state index in [-0.39, 0.29) is 5.91 Å². The van der Waals surface area contributed by atoms with Crippen molar-refractivity contribution in [1.82, 2.24) is 10.4 Å². The maximum absolute atomic E-state index is 11.3. The predicted molar refractivity (Wildman–Crippen MR) is 60.1 cm³/mol. The molecule has 0 unspecified atom stereocenters. The normalized spacial score (nSPS) is 17.8. The second kappa shape index (κ2) is 3.78. The molecule has 0 aliphatic carbocycles. The van der Waals surface area contributed by atoms with Crippen LogP contribution in [0, 0.1) is 0 Å². The summed E-state index contributed by atoms with van der Waals surface area (Å²) in [6, 6.07) is 7.49. The minimum atomic E-state index is -0.0426. The van der Waals surface area contributed by atoms with Crippen molar-refractivity contribution in [3.05, 3.63) is 35.8 Å². The van der Waals surface area contributed by atoms with Gasteiger partial charge in [-0.2, -0.15) is 0 Å². The van der Waals surface area contributed by atoms with E-state index in [1.807, 2.05) is 24.3 Å². The molecule has 17 heavy (non-hydrogen) atoms. The van der Waals surface area contributed by atoms with E-state index in [9.17, 15) is 4.79 Å². The van der Waals surface area contributed by atoms with Gasteiger partial charge in [-0.3, -0.25) is 9.80 Å². The second-order valence-corrected chi connectivity index (χ2v) is 3.94. The third kappa shape index (κ3) is 1.74. The van der Waals surface area contributed by atoms with Crippen molar-refractivity contribution >= 4 is 5.91 Å². The molecule has 2 aliphatic heterocycles. The molecular weight excluding hydrogens is 220 g/mol. The van der Waals surface area contributed by atoms with Gasteiger partial charge in [0.1, 0.15) is 0 Å². The zero-order valence-corrected chi connectivity index (χ0v) is 9.40. The Hall–Kier alpha value is -2.01. The largest absolute Gasteiger partial charge is 0.453 e. The number of hydrogen-bond acceptors (Lipinski definition) is 4. The summed E-state index contributed by atoms with van der Waals surface area (Å²) in [7, 11) is 0. The monoisotopic (exact) mass is 232 g/mol. The van der Waals surface area contributed by atoms with Gasteiger partial charge >= 0.3 is 0 Å². The number of carbonyl (C=O) groups excluding carboxylic acids is 1. The van der Waals surface area contributed by atoms with E-state index in [0.29, 0.717) is 30.3 Å². The quantitative estimate of drug-likeness (QED) is 0.726. The average Bonchev–Trinajstić information content (AvgIpc) is 2.35. The summed E-state index contributed by atoms with van der Waals surface area (Å²) in [4.78, 5) is 11.3. The summed E-state index contributed by atoms with van der Waals surface area (Å²) < 4.78 is 11.5. The van der Waals surface area contributed by atoms with Gasteiger partial charge < -0.3 is 9.47 Å². The summed E-state index contributed by atoms with van der Waals surface area (Å²) in [6.07, 6.45) is 0. The van der Waals surface area contributed by atoms with Crippen molar-refractivity contribution in [3.8, 4) is 11.5 Å². The Bertz CT molecular complexity index is 510. The zero-order valence-electron chi connectivity index (χ0n) is 9.40. The van der Waals surface area contributed by atoms with E-state index < -0.39 is 0 Å². The molecule has 0 atom stereocenters. The van der Waals surface area contributed by atoms with Gasteiger partial charge in [-0.05, 0) is 12.1 Å². The van der Waals surface area contributed by atoms with Gasteiger partial charge in [0.25, 0.3) is 0 Å². The number of nitrogens with one attached hydrogen (secondary N) is 1. The first kappa shape index (κ1) is 10.2. The van der Waals surface area contributed by atoms with Crippen LogP contribution in [0.1, 0.15) is 6.92 Å². The van der Waals surface area contributed by atoms with Gasteiger partial charge in [0, 0.05) is 6.92 Å². The molecule has 0 aromatic heterocycles. The molecule has 1 aromatic carbocycles. The molecule has 5 nitrogen and oxygen atoms in total. The average molecular weight is 232 g/mol. The van der Waals surface area contributed by atoms with Crippen LogP contribution in [0.4, 0.5) is 0 Å². The molecule has 0 saturated carbocycles. The molecule has 0 radical (unpaired) electrons. The van der Waals surface area contributed by atoms with E-state index in [4.69, 9.17) is 9.47 Å². The fraction of sp³-hybridized carbons (Fsp3) is 0.250.